The molecule has 0 saturated carbocycles. The monoisotopic (exact) mass is 475 g/mol. The Labute approximate surface area is 215 Å². The van der Waals surface area contributed by atoms with E-state index >= 15 is 0 Å². The van der Waals surface area contributed by atoms with Crippen molar-refractivity contribution in [2.75, 3.05) is 0 Å². The number of hydrogen-bond acceptors (Lipinski definition) is 2. The van der Waals surface area contributed by atoms with Crippen LogP contribution in [0.5, 0.6) is 0 Å². The highest BCUT2D eigenvalue weighted by molar-refractivity contribution is 6.62. The van der Waals surface area contributed by atoms with Gasteiger partial charge in [-0.2, -0.15) is 0 Å². The molecule has 0 spiro atoms. The summed E-state index contributed by atoms with van der Waals surface area (Å²) in [6.07, 6.45) is 0. The molecule has 1 aromatic heterocycles. The van der Waals surface area contributed by atoms with Crippen LogP contribution >= 0.6 is 0 Å². The smallest absolute Gasteiger partial charge is 0.534 e. The summed E-state index contributed by atoms with van der Waals surface area (Å²) in [4.78, 5) is 0. The predicted molar refractivity (Wildman–Crippen MR) is 151 cm³/mol. The minimum atomic E-state index is -0.486. The van der Waals surface area contributed by atoms with Gasteiger partial charge in [0, 0.05) is 5.69 Å². The molecule has 0 bridgehead atoms. The molecule has 1 aliphatic heterocycles. The molecule has 0 unspecified atom stereocenters. The van der Waals surface area contributed by atoms with Gasteiger partial charge in [0.25, 0.3) is 0 Å². The molecule has 0 N–H and O–H groups in total. The van der Waals surface area contributed by atoms with Gasteiger partial charge >= 0.3 is 7.12 Å². The molecule has 2 heterocycles. The quantitative estimate of drug-likeness (QED) is 0.286. The van der Waals surface area contributed by atoms with Crippen LogP contribution in [0.15, 0.2) is 97.3 Å². The van der Waals surface area contributed by atoms with Crippen LogP contribution in [0.25, 0.3) is 28.2 Å². The molecule has 182 valence electrons. The molecule has 0 aliphatic carbocycles. The lowest BCUT2D eigenvalue weighted by Gasteiger charge is -2.20. The molecular formula is C32H34BNO2. The Hall–Kier alpha value is -3.50. The van der Waals surface area contributed by atoms with Crippen molar-refractivity contribution in [3.63, 3.8) is 0 Å². The Morgan fingerprint density at radius 2 is 1.28 bits per heavy atom. The summed E-state index contributed by atoms with van der Waals surface area (Å²) < 4.78 is 14.3. The van der Waals surface area contributed by atoms with Crippen LogP contribution in [0, 0.1) is 6.92 Å². The molecule has 0 radical (unpaired) electrons. The first kappa shape index (κ1) is 24.2. The Morgan fingerprint density at radius 3 is 1.75 bits per heavy atom. The maximum Gasteiger partial charge on any atom is 0.563 e. The number of benzene rings is 3. The predicted octanol–water partition coefficient (Wildman–Crippen LogP) is 7.45. The van der Waals surface area contributed by atoms with Crippen LogP contribution in [0.1, 0.15) is 45.7 Å². The molecule has 4 heteroatoms. The van der Waals surface area contributed by atoms with Crippen LogP contribution in [-0.4, -0.2) is 17.3 Å². The fraction of sp³-hybridized carbons (Fsp3) is 0.250. The normalized spacial score (nSPS) is 15.3. The molecule has 0 atom stereocenters. The summed E-state index contributed by atoms with van der Waals surface area (Å²) in [5.74, 6) is 0.659. The van der Waals surface area contributed by atoms with Gasteiger partial charge in [0.1, 0.15) is 5.60 Å². The van der Waals surface area contributed by atoms with E-state index in [9.17, 15) is 0 Å². The second-order valence-electron chi connectivity index (χ2n) is 11.2. The van der Waals surface area contributed by atoms with Gasteiger partial charge in [0.2, 0.25) is 0 Å². The first-order valence-corrected chi connectivity index (χ1v) is 12.6. The largest absolute Gasteiger partial charge is 0.563 e. The fourth-order valence-corrected chi connectivity index (χ4v) is 4.58. The first-order valence-electron chi connectivity index (χ1n) is 12.6. The van der Waals surface area contributed by atoms with E-state index in [4.69, 9.17) is 9.31 Å². The third-order valence-corrected chi connectivity index (χ3v) is 7.02. The highest BCUT2D eigenvalue weighted by Gasteiger charge is 2.42. The summed E-state index contributed by atoms with van der Waals surface area (Å²) >= 11 is 0. The summed E-state index contributed by atoms with van der Waals surface area (Å²) in [5, 5.41) is 0. The molecule has 3 nitrogen and oxygen atoms in total. The van der Waals surface area contributed by atoms with Crippen LogP contribution in [0.4, 0.5) is 0 Å². The van der Waals surface area contributed by atoms with E-state index in [2.05, 4.69) is 124 Å². The van der Waals surface area contributed by atoms with Gasteiger partial charge in [-0.1, -0.05) is 93.6 Å². The minimum Gasteiger partial charge on any atom is -0.534 e. The Bertz CT molecular complexity index is 1390. The van der Waals surface area contributed by atoms with Gasteiger partial charge in [0.05, 0.1) is 17.1 Å². The second-order valence-corrected chi connectivity index (χ2v) is 11.2. The molecule has 36 heavy (non-hydrogen) atoms. The van der Waals surface area contributed by atoms with Gasteiger partial charge in [-0.05, 0) is 72.6 Å². The number of aromatic nitrogens is 1. The number of nitrogens with zero attached hydrogens (tertiary/aromatic N) is 1. The third kappa shape index (κ3) is 4.54. The summed E-state index contributed by atoms with van der Waals surface area (Å²) in [6.45, 7) is 16.8. The zero-order valence-electron chi connectivity index (χ0n) is 22.1. The summed E-state index contributed by atoms with van der Waals surface area (Å²) in [5.41, 5.74) is 8.95. The van der Waals surface area contributed by atoms with E-state index in [0.29, 0.717) is 5.76 Å². The SMILES string of the molecule is C=C1OB(c2ccc(-c3ccc(-c4ccc(C)cc4)n3-c3ccc(C(C)(C)C)cc3)cc2)OC1(C)C. The number of aryl methyl sites for hydroxylation is 1. The summed E-state index contributed by atoms with van der Waals surface area (Å²) in [6, 6.07) is 30.5. The zero-order valence-corrected chi connectivity index (χ0v) is 22.1. The lowest BCUT2D eigenvalue weighted by molar-refractivity contribution is 0.173. The van der Waals surface area contributed by atoms with E-state index < -0.39 is 12.7 Å². The van der Waals surface area contributed by atoms with Crippen LogP contribution in [-0.2, 0) is 14.7 Å². The minimum absolute atomic E-state index is 0.109. The van der Waals surface area contributed by atoms with Crippen LogP contribution in [0.3, 0.4) is 0 Å². The average Bonchev–Trinajstić information content (AvgIpc) is 3.40. The maximum atomic E-state index is 6.07. The number of rotatable bonds is 4. The van der Waals surface area contributed by atoms with Crippen molar-refractivity contribution in [2.45, 2.75) is 52.6 Å². The first-order chi connectivity index (χ1) is 17.0. The highest BCUT2D eigenvalue weighted by Crippen LogP contribution is 2.34. The van der Waals surface area contributed by atoms with Gasteiger partial charge < -0.3 is 13.9 Å². The lowest BCUT2D eigenvalue weighted by atomic mass is 9.79. The molecule has 3 aromatic carbocycles. The van der Waals surface area contributed by atoms with E-state index in [-0.39, 0.29) is 5.41 Å². The van der Waals surface area contributed by atoms with Gasteiger partial charge in [-0.25, -0.2) is 0 Å². The highest BCUT2D eigenvalue weighted by atomic mass is 16.7. The average molecular weight is 475 g/mol. The molecule has 1 aliphatic rings. The van der Waals surface area contributed by atoms with Gasteiger partial charge in [-0.15, -0.1) is 0 Å². The topological polar surface area (TPSA) is 23.4 Å². The molecule has 0 amide bonds. The standard InChI is InChI=1S/C32H34BNO2/c1-22-8-10-24(11-9-22)29-20-21-30(34(29)28-18-14-26(15-19-28)31(3,4)5)25-12-16-27(17-13-25)33-35-23(2)32(6,7)36-33/h8-21H,2H2,1,3-7H3. The molecule has 5 rings (SSSR count). The van der Waals surface area contributed by atoms with Crippen molar-refractivity contribution in [1.29, 1.82) is 0 Å². The Kier molecular flexibility index (Phi) is 5.96. The van der Waals surface area contributed by atoms with Gasteiger partial charge in [0.15, 0.2) is 0 Å². The lowest BCUT2D eigenvalue weighted by Crippen LogP contribution is -2.34. The van der Waals surface area contributed by atoms with Crippen molar-refractivity contribution in [3.8, 4) is 28.2 Å². The second kappa shape index (κ2) is 8.87. The van der Waals surface area contributed by atoms with E-state index in [1.807, 2.05) is 13.8 Å². The van der Waals surface area contributed by atoms with Crippen molar-refractivity contribution in [2.24, 2.45) is 0 Å². The van der Waals surface area contributed by atoms with Crippen molar-refractivity contribution < 1.29 is 9.31 Å². The maximum absolute atomic E-state index is 6.07. The molecule has 1 saturated heterocycles. The Balaban J connectivity index is 1.57. The zero-order chi connectivity index (χ0) is 25.7. The molecule has 4 aromatic rings. The van der Waals surface area contributed by atoms with E-state index in [0.717, 1.165) is 28.1 Å². The van der Waals surface area contributed by atoms with Crippen molar-refractivity contribution in [1.82, 2.24) is 4.57 Å². The fourth-order valence-electron chi connectivity index (χ4n) is 4.58. The molecule has 1 fully saturated rings. The van der Waals surface area contributed by atoms with Crippen LogP contribution in [0.2, 0.25) is 0 Å². The third-order valence-electron chi connectivity index (χ3n) is 7.02. The molecular weight excluding hydrogens is 441 g/mol. The van der Waals surface area contributed by atoms with Crippen molar-refractivity contribution >= 4 is 12.6 Å². The van der Waals surface area contributed by atoms with E-state index in [1.165, 1.54) is 16.7 Å². The van der Waals surface area contributed by atoms with E-state index in [1.54, 1.807) is 0 Å². The Morgan fingerprint density at radius 1 is 0.750 bits per heavy atom. The van der Waals surface area contributed by atoms with Crippen LogP contribution < -0.4 is 5.46 Å². The number of hydrogen-bond donors (Lipinski definition) is 0. The summed E-state index contributed by atoms with van der Waals surface area (Å²) in [7, 11) is -0.429. The van der Waals surface area contributed by atoms with Crippen molar-refractivity contribution in [3.05, 3.63) is 108 Å². The van der Waals surface area contributed by atoms with Gasteiger partial charge in [-0.3, -0.25) is 0 Å².